The molecule has 0 saturated heterocycles. The molecule has 0 unspecified atom stereocenters. The average Bonchev–Trinajstić information content (AvgIpc) is 2.65. The fourth-order valence-corrected chi connectivity index (χ4v) is 3.05. The Kier molecular flexibility index (Phi) is 5.96. The summed E-state index contributed by atoms with van der Waals surface area (Å²) < 4.78 is 16.3. The van der Waals surface area contributed by atoms with Crippen molar-refractivity contribution in [3.05, 3.63) is 51.5 Å². The minimum absolute atomic E-state index is 0.289. The van der Waals surface area contributed by atoms with E-state index < -0.39 is 0 Å². The molecule has 2 N–H and O–H groups in total. The normalized spacial score (nSPS) is 12.4. The minimum Gasteiger partial charge on any atom is -0.496 e. The maximum atomic E-state index is 12.1. The number of hydrogen-bond donors (Lipinski definition) is 2. The van der Waals surface area contributed by atoms with Crippen LogP contribution in [0.5, 0.6) is 17.2 Å². The number of carbonyl (C=O) groups is 1. The maximum absolute atomic E-state index is 12.1. The molecule has 2 aromatic rings. The average molecular weight is 397 g/mol. The lowest BCUT2D eigenvalue weighted by Gasteiger charge is -2.20. The first-order valence-electron chi connectivity index (χ1n) is 7.99. The Morgan fingerprint density at radius 3 is 2.69 bits per heavy atom. The molecule has 0 aliphatic carbocycles. The van der Waals surface area contributed by atoms with Gasteiger partial charge in [0.05, 0.1) is 12.1 Å². The van der Waals surface area contributed by atoms with Crippen LogP contribution in [0.4, 0.5) is 4.79 Å². The van der Waals surface area contributed by atoms with Gasteiger partial charge in [0, 0.05) is 23.7 Å². The van der Waals surface area contributed by atoms with Gasteiger partial charge in [-0.2, -0.15) is 0 Å². The van der Waals surface area contributed by atoms with Gasteiger partial charge in [-0.15, -0.1) is 0 Å². The van der Waals surface area contributed by atoms with E-state index in [2.05, 4.69) is 10.6 Å². The maximum Gasteiger partial charge on any atom is 0.315 e. The summed E-state index contributed by atoms with van der Waals surface area (Å²) >= 11 is 12.2. The summed E-state index contributed by atoms with van der Waals surface area (Å²) in [6, 6.07) is 8.47. The van der Waals surface area contributed by atoms with Crippen LogP contribution in [0.2, 0.25) is 10.0 Å². The summed E-state index contributed by atoms with van der Waals surface area (Å²) in [5, 5.41) is 6.59. The molecule has 1 aliphatic heterocycles. The SMILES string of the molecule is COc1ccc(Cl)cc1CNC(=O)NCc1cc(Cl)c2c(c1)OCCO2. The molecule has 0 saturated carbocycles. The lowest BCUT2D eigenvalue weighted by Crippen LogP contribution is -2.34. The molecule has 0 atom stereocenters. The molecule has 1 aliphatic rings. The first-order chi connectivity index (χ1) is 12.6. The van der Waals surface area contributed by atoms with E-state index in [1.54, 1.807) is 37.4 Å². The molecule has 0 spiro atoms. The highest BCUT2D eigenvalue weighted by atomic mass is 35.5. The van der Waals surface area contributed by atoms with Gasteiger partial charge in [0.1, 0.15) is 19.0 Å². The minimum atomic E-state index is -0.321. The van der Waals surface area contributed by atoms with Crippen LogP contribution < -0.4 is 24.8 Å². The van der Waals surface area contributed by atoms with Crippen LogP contribution in [0.25, 0.3) is 0 Å². The highest BCUT2D eigenvalue weighted by molar-refractivity contribution is 6.32. The topological polar surface area (TPSA) is 68.8 Å². The van der Waals surface area contributed by atoms with Crippen molar-refractivity contribution >= 4 is 29.2 Å². The van der Waals surface area contributed by atoms with Crippen LogP contribution in [0.1, 0.15) is 11.1 Å². The molecular formula is C18H18Cl2N2O4. The molecule has 2 amide bonds. The number of methoxy groups -OCH3 is 1. The first kappa shape index (κ1) is 18.5. The zero-order chi connectivity index (χ0) is 18.5. The van der Waals surface area contributed by atoms with Crippen molar-refractivity contribution in [3.8, 4) is 17.2 Å². The van der Waals surface area contributed by atoms with Crippen LogP contribution in [0, 0.1) is 0 Å². The Morgan fingerprint density at radius 2 is 1.88 bits per heavy atom. The molecule has 2 aromatic carbocycles. The summed E-state index contributed by atoms with van der Waals surface area (Å²) in [6.07, 6.45) is 0. The van der Waals surface area contributed by atoms with E-state index in [1.807, 2.05) is 0 Å². The highest BCUT2D eigenvalue weighted by Gasteiger charge is 2.17. The van der Waals surface area contributed by atoms with Crippen LogP contribution in [0.3, 0.4) is 0 Å². The largest absolute Gasteiger partial charge is 0.496 e. The number of halogens is 2. The molecule has 0 aromatic heterocycles. The summed E-state index contributed by atoms with van der Waals surface area (Å²) in [7, 11) is 1.57. The summed E-state index contributed by atoms with van der Waals surface area (Å²) in [6.45, 7) is 1.54. The Balaban J connectivity index is 1.56. The Bertz CT molecular complexity index is 814. The van der Waals surface area contributed by atoms with Gasteiger partial charge in [0.25, 0.3) is 0 Å². The van der Waals surface area contributed by atoms with Crippen molar-refractivity contribution in [3.63, 3.8) is 0 Å². The van der Waals surface area contributed by atoms with Crippen molar-refractivity contribution in [2.45, 2.75) is 13.1 Å². The number of nitrogens with one attached hydrogen (secondary N) is 2. The third kappa shape index (κ3) is 4.45. The predicted molar refractivity (Wildman–Crippen MR) is 99.5 cm³/mol. The van der Waals surface area contributed by atoms with Crippen molar-refractivity contribution in [2.75, 3.05) is 20.3 Å². The fraction of sp³-hybridized carbons (Fsp3) is 0.278. The number of ether oxygens (including phenoxy) is 3. The molecule has 6 nitrogen and oxygen atoms in total. The molecule has 3 rings (SSSR count). The van der Waals surface area contributed by atoms with E-state index in [9.17, 15) is 4.79 Å². The van der Waals surface area contributed by atoms with E-state index >= 15 is 0 Å². The Labute approximate surface area is 161 Å². The third-order valence-corrected chi connectivity index (χ3v) is 4.31. The highest BCUT2D eigenvalue weighted by Crippen LogP contribution is 2.38. The van der Waals surface area contributed by atoms with E-state index in [-0.39, 0.29) is 12.6 Å². The molecule has 1 heterocycles. The van der Waals surface area contributed by atoms with Gasteiger partial charge in [-0.1, -0.05) is 23.2 Å². The number of rotatable bonds is 5. The van der Waals surface area contributed by atoms with Gasteiger partial charge in [0.15, 0.2) is 11.5 Å². The lowest BCUT2D eigenvalue weighted by molar-refractivity contribution is 0.171. The second-order valence-corrected chi connectivity index (χ2v) is 6.44. The number of benzene rings is 2. The number of amides is 2. The number of carbonyl (C=O) groups excluding carboxylic acids is 1. The molecule has 8 heteroatoms. The van der Waals surface area contributed by atoms with Gasteiger partial charge < -0.3 is 24.8 Å². The van der Waals surface area contributed by atoms with E-state index in [4.69, 9.17) is 37.4 Å². The van der Waals surface area contributed by atoms with Gasteiger partial charge in [0.2, 0.25) is 0 Å². The number of urea groups is 1. The van der Waals surface area contributed by atoms with Crippen LogP contribution in [0.15, 0.2) is 30.3 Å². The van der Waals surface area contributed by atoms with Crippen LogP contribution in [-0.2, 0) is 13.1 Å². The van der Waals surface area contributed by atoms with Crippen LogP contribution >= 0.6 is 23.2 Å². The van der Waals surface area contributed by atoms with Crippen molar-refractivity contribution in [2.24, 2.45) is 0 Å². The monoisotopic (exact) mass is 396 g/mol. The van der Waals surface area contributed by atoms with Gasteiger partial charge >= 0.3 is 6.03 Å². The van der Waals surface area contributed by atoms with Crippen molar-refractivity contribution < 1.29 is 19.0 Å². The van der Waals surface area contributed by atoms with Gasteiger partial charge in [-0.05, 0) is 35.9 Å². The summed E-state index contributed by atoms with van der Waals surface area (Å²) in [5.41, 5.74) is 1.60. The first-order valence-corrected chi connectivity index (χ1v) is 8.74. The summed E-state index contributed by atoms with van der Waals surface area (Å²) in [5.74, 6) is 1.79. The predicted octanol–water partition coefficient (Wildman–Crippen LogP) is 3.77. The van der Waals surface area contributed by atoms with Crippen LogP contribution in [-0.4, -0.2) is 26.4 Å². The van der Waals surface area contributed by atoms with Crippen molar-refractivity contribution in [1.82, 2.24) is 10.6 Å². The molecule has 0 fully saturated rings. The molecule has 0 bridgehead atoms. The zero-order valence-corrected chi connectivity index (χ0v) is 15.6. The van der Waals surface area contributed by atoms with E-state index in [0.717, 1.165) is 11.1 Å². The Morgan fingerprint density at radius 1 is 1.12 bits per heavy atom. The standard InChI is InChI=1S/C18H18Cl2N2O4/c1-24-15-3-2-13(19)8-12(15)10-22-18(23)21-9-11-6-14(20)17-16(7-11)25-4-5-26-17/h2-3,6-8H,4-5,9-10H2,1H3,(H2,21,22,23). The van der Waals surface area contributed by atoms with E-state index in [1.165, 1.54) is 0 Å². The Hall–Kier alpha value is -2.31. The molecule has 26 heavy (non-hydrogen) atoms. The quantitative estimate of drug-likeness (QED) is 0.806. The second kappa shape index (κ2) is 8.38. The fourth-order valence-electron chi connectivity index (χ4n) is 2.57. The van der Waals surface area contributed by atoms with Gasteiger partial charge in [-0.3, -0.25) is 0 Å². The number of fused-ring (bicyclic) bond motifs is 1. The molecule has 0 radical (unpaired) electrons. The third-order valence-electron chi connectivity index (χ3n) is 3.79. The molecule has 138 valence electrons. The zero-order valence-electron chi connectivity index (χ0n) is 14.1. The number of hydrogen-bond acceptors (Lipinski definition) is 4. The lowest BCUT2D eigenvalue weighted by atomic mass is 10.2. The van der Waals surface area contributed by atoms with Crippen molar-refractivity contribution in [1.29, 1.82) is 0 Å². The molecular weight excluding hydrogens is 379 g/mol. The van der Waals surface area contributed by atoms with E-state index in [0.29, 0.717) is 47.1 Å². The summed E-state index contributed by atoms with van der Waals surface area (Å²) in [4.78, 5) is 12.1. The second-order valence-electron chi connectivity index (χ2n) is 5.59. The smallest absolute Gasteiger partial charge is 0.315 e. The van der Waals surface area contributed by atoms with Gasteiger partial charge in [-0.25, -0.2) is 4.79 Å².